The summed E-state index contributed by atoms with van der Waals surface area (Å²) in [4.78, 5) is 5.98. The molecule has 0 radical (unpaired) electrons. The van der Waals surface area contributed by atoms with Crippen LogP contribution < -0.4 is 5.32 Å². The van der Waals surface area contributed by atoms with Gasteiger partial charge in [-0.15, -0.1) is 0 Å². The number of aromatic nitrogens is 1. The Morgan fingerprint density at radius 2 is 1.90 bits per heavy atom. The molecule has 2 heterocycles. The Morgan fingerprint density at radius 3 is 2.62 bits per heavy atom. The van der Waals surface area contributed by atoms with Crippen LogP contribution in [0.4, 0.5) is 0 Å². The van der Waals surface area contributed by atoms with Crippen LogP contribution in [0.5, 0.6) is 0 Å². The van der Waals surface area contributed by atoms with E-state index in [4.69, 9.17) is 0 Å². The van der Waals surface area contributed by atoms with Crippen LogP contribution in [-0.2, 0) is 11.8 Å². The minimum atomic E-state index is 0.210. The second-order valence-corrected chi connectivity index (χ2v) is 7.17. The van der Waals surface area contributed by atoms with E-state index in [0.717, 1.165) is 26.1 Å². The fourth-order valence-corrected chi connectivity index (χ4v) is 3.07. The smallest absolute Gasteiger partial charge is 0.0457 e. The highest BCUT2D eigenvalue weighted by Gasteiger charge is 2.16. The molecule has 0 amide bonds. The number of hydrogen-bond acceptors (Lipinski definition) is 2. The van der Waals surface area contributed by atoms with Crippen LogP contribution in [0.3, 0.4) is 0 Å². The zero-order valence-electron chi connectivity index (χ0n) is 13.5. The van der Waals surface area contributed by atoms with Crippen molar-refractivity contribution in [3.63, 3.8) is 0 Å². The first kappa shape index (κ1) is 14.6. The lowest BCUT2D eigenvalue weighted by Gasteiger charge is -2.27. The Kier molecular flexibility index (Phi) is 4.05. The summed E-state index contributed by atoms with van der Waals surface area (Å²) >= 11 is 0. The Hall–Kier alpha value is -1.32. The fourth-order valence-electron chi connectivity index (χ4n) is 3.07. The Bertz CT molecular complexity index is 600. The number of aromatic amines is 1. The van der Waals surface area contributed by atoms with Gasteiger partial charge >= 0.3 is 0 Å². The molecule has 3 nitrogen and oxygen atoms in total. The minimum Gasteiger partial charge on any atom is -0.361 e. The van der Waals surface area contributed by atoms with Crippen molar-refractivity contribution in [1.82, 2.24) is 15.2 Å². The van der Waals surface area contributed by atoms with E-state index in [1.165, 1.54) is 35.1 Å². The second-order valence-electron chi connectivity index (χ2n) is 7.17. The SMILES string of the molecule is CC(C)(C)c1ccc2[nH]cc(CCN3CCNCC3)c2c1. The van der Waals surface area contributed by atoms with Gasteiger partial charge in [-0.25, -0.2) is 0 Å². The van der Waals surface area contributed by atoms with Gasteiger partial charge in [0.15, 0.2) is 0 Å². The summed E-state index contributed by atoms with van der Waals surface area (Å²) in [5.74, 6) is 0. The van der Waals surface area contributed by atoms with Gasteiger partial charge in [0.05, 0.1) is 0 Å². The van der Waals surface area contributed by atoms with E-state index in [-0.39, 0.29) is 5.41 Å². The van der Waals surface area contributed by atoms with Gasteiger partial charge in [0, 0.05) is 49.8 Å². The average Bonchev–Trinajstić information content (AvgIpc) is 2.87. The molecule has 0 bridgehead atoms. The first-order valence-electron chi connectivity index (χ1n) is 8.07. The van der Waals surface area contributed by atoms with Crippen molar-refractivity contribution in [2.45, 2.75) is 32.6 Å². The molecule has 2 N–H and O–H groups in total. The van der Waals surface area contributed by atoms with Crippen molar-refractivity contribution in [3.05, 3.63) is 35.5 Å². The third-order valence-corrected chi connectivity index (χ3v) is 4.54. The van der Waals surface area contributed by atoms with Crippen LogP contribution in [0.1, 0.15) is 31.9 Å². The summed E-state index contributed by atoms with van der Waals surface area (Å²) in [6.07, 6.45) is 3.33. The summed E-state index contributed by atoms with van der Waals surface area (Å²) < 4.78 is 0. The standard InChI is InChI=1S/C18H27N3/c1-18(2,3)15-4-5-17-16(12-15)14(13-20-17)6-9-21-10-7-19-8-11-21/h4-5,12-13,19-20H,6-11H2,1-3H3. The van der Waals surface area contributed by atoms with Crippen LogP contribution in [0, 0.1) is 0 Å². The fraction of sp³-hybridized carbons (Fsp3) is 0.556. The maximum absolute atomic E-state index is 3.42. The molecule has 0 spiro atoms. The van der Waals surface area contributed by atoms with Crippen LogP contribution in [0.15, 0.2) is 24.4 Å². The highest BCUT2D eigenvalue weighted by molar-refractivity contribution is 5.84. The highest BCUT2D eigenvalue weighted by Crippen LogP contribution is 2.27. The molecule has 1 saturated heterocycles. The van der Waals surface area contributed by atoms with Gasteiger partial charge in [0.2, 0.25) is 0 Å². The predicted octanol–water partition coefficient (Wildman–Crippen LogP) is 2.91. The van der Waals surface area contributed by atoms with E-state index in [1.807, 2.05) is 0 Å². The molecular weight excluding hydrogens is 258 g/mol. The lowest BCUT2D eigenvalue weighted by Crippen LogP contribution is -2.44. The van der Waals surface area contributed by atoms with Crippen LogP contribution in [0.2, 0.25) is 0 Å². The van der Waals surface area contributed by atoms with Gasteiger partial charge in [-0.2, -0.15) is 0 Å². The van der Waals surface area contributed by atoms with Crippen LogP contribution in [0.25, 0.3) is 10.9 Å². The largest absolute Gasteiger partial charge is 0.361 e. The molecule has 2 aromatic rings. The van der Waals surface area contributed by atoms with Crippen molar-refractivity contribution in [3.8, 4) is 0 Å². The third-order valence-electron chi connectivity index (χ3n) is 4.54. The highest BCUT2D eigenvalue weighted by atomic mass is 15.2. The van der Waals surface area contributed by atoms with Crippen molar-refractivity contribution in [2.75, 3.05) is 32.7 Å². The van der Waals surface area contributed by atoms with Crippen molar-refractivity contribution < 1.29 is 0 Å². The lowest BCUT2D eigenvalue weighted by molar-refractivity contribution is 0.244. The molecule has 0 aliphatic carbocycles. The Balaban J connectivity index is 1.78. The molecule has 0 atom stereocenters. The van der Waals surface area contributed by atoms with Gasteiger partial charge in [-0.3, -0.25) is 0 Å². The molecule has 1 aromatic heterocycles. The van der Waals surface area contributed by atoms with Gasteiger partial charge < -0.3 is 15.2 Å². The Morgan fingerprint density at radius 1 is 1.14 bits per heavy atom. The summed E-state index contributed by atoms with van der Waals surface area (Å²) in [6.45, 7) is 12.6. The van der Waals surface area contributed by atoms with Gasteiger partial charge in [-0.05, 0) is 35.1 Å². The summed E-state index contributed by atoms with van der Waals surface area (Å²) in [5.41, 5.74) is 4.34. The summed E-state index contributed by atoms with van der Waals surface area (Å²) in [7, 11) is 0. The van der Waals surface area contributed by atoms with E-state index < -0.39 is 0 Å². The molecule has 114 valence electrons. The van der Waals surface area contributed by atoms with E-state index in [9.17, 15) is 0 Å². The molecule has 3 heteroatoms. The second kappa shape index (κ2) is 5.82. The number of rotatable bonds is 3. The zero-order chi connectivity index (χ0) is 14.9. The first-order valence-corrected chi connectivity index (χ1v) is 8.07. The minimum absolute atomic E-state index is 0.210. The van der Waals surface area contributed by atoms with E-state index in [2.05, 4.69) is 60.4 Å². The molecule has 1 fully saturated rings. The number of benzene rings is 1. The molecule has 0 saturated carbocycles. The third kappa shape index (κ3) is 3.30. The maximum atomic E-state index is 3.42. The molecule has 1 aromatic carbocycles. The Labute approximate surface area is 127 Å². The number of nitrogens with zero attached hydrogens (tertiary/aromatic N) is 1. The maximum Gasteiger partial charge on any atom is 0.0457 e. The van der Waals surface area contributed by atoms with E-state index in [0.29, 0.717) is 0 Å². The number of H-pyrrole nitrogens is 1. The molecule has 21 heavy (non-hydrogen) atoms. The van der Waals surface area contributed by atoms with Crippen molar-refractivity contribution in [2.24, 2.45) is 0 Å². The molecule has 1 aliphatic heterocycles. The van der Waals surface area contributed by atoms with Crippen LogP contribution in [-0.4, -0.2) is 42.6 Å². The van der Waals surface area contributed by atoms with Gasteiger partial charge in [0.25, 0.3) is 0 Å². The number of hydrogen-bond donors (Lipinski definition) is 2. The number of nitrogens with one attached hydrogen (secondary N) is 2. The molecule has 0 unspecified atom stereocenters. The number of piperazine rings is 1. The zero-order valence-corrected chi connectivity index (χ0v) is 13.5. The molecule has 1 aliphatic rings. The van der Waals surface area contributed by atoms with E-state index >= 15 is 0 Å². The molecular formula is C18H27N3. The summed E-state index contributed by atoms with van der Waals surface area (Å²) in [6, 6.07) is 6.85. The topological polar surface area (TPSA) is 31.1 Å². The lowest BCUT2D eigenvalue weighted by atomic mass is 9.86. The van der Waals surface area contributed by atoms with Crippen molar-refractivity contribution in [1.29, 1.82) is 0 Å². The van der Waals surface area contributed by atoms with Crippen LogP contribution >= 0.6 is 0 Å². The van der Waals surface area contributed by atoms with E-state index in [1.54, 1.807) is 0 Å². The predicted molar refractivity (Wildman–Crippen MR) is 90.0 cm³/mol. The normalized spacial score (nSPS) is 17.5. The number of fused-ring (bicyclic) bond motifs is 1. The monoisotopic (exact) mass is 285 g/mol. The first-order chi connectivity index (χ1) is 10.0. The average molecular weight is 285 g/mol. The molecule has 3 rings (SSSR count). The quantitative estimate of drug-likeness (QED) is 0.908. The summed E-state index contributed by atoms with van der Waals surface area (Å²) in [5, 5.41) is 4.81. The van der Waals surface area contributed by atoms with Gasteiger partial charge in [0.1, 0.15) is 0 Å². The van der Waals surface area contributed by atoms with Crippen molar-refractivity contribution >= 4 is 10.9 Å². The van der Waals surface area contributed by atoms with Gasteiger partial charge in [-0.1, -0.05) is 26.8 Å².